The van der Waals surface area contributed by atoms with E-state index in [0.29, 0.717) is 11.5 Å². The Morgan fingerprint density at radius 3 is 2.62 bits per heavy atom. The van der Waals surface area contributed by atoms with Gasteiger partial charge in [-0.1, -0.05) is 20.3 Å². The third-order valence-electron chi connectivity index (χ3n) is 4.18. The number of methoxy groups -OCH3 is 1. The van der Waals surface area contributed by atoms with E-state index in [1.54, 1.807) is 0 Å². The average Bonchev–Trinajstić information content (AvgIpc) is 2.14. The zero-order valence-corrected chi connectivity index (χ0v) is 10.7. The third-order valence-corrected chi connectivity index (χ3v) is 4.18. The van der Waals surface area contributed by atoms with Gasteiger partial charge in [0.25, 0.3) is 0 Å². The van der Waals surface area contributed by atoms with Crippen molar-refractivity contribution < 1.29 is 9.53 Å². The van der Waals surface area contributed by atoms with E-state index in [4.69, 9.17) is 4.74 Å². The number of hydrogen-bond donors (Lipinski definition) is 0. The standard InChI is InChI=1S/C13H23NO2/c1-13(2)7-4-5-10(9-13)14-8-6-11(14)12(15)16-3/h10-11H,4-9H2,1-3H3. The van der Waals surface area contributed by atoms with Crippen molar-refractivity contribution in [3.63, 3.8) is 0 Å². The Balaban J connectivity index is 1.95. The molecule has 2 atom stereocenters. The zero-order valence-electron chi connectivity index (χ0n) is 10.7. The molecule has 16 heavy (non-hydrogen) atoms. The summed E-state index contributed by atoms with van der Waals surface area (Å²) in [4.78, 5) is 13.9. The van der Waals surface area contributed by atoms with E-state index in [1.165, 1.54) is 32.8 Å². The van der Waals surface area contributed by atoms with Gasteiger partial charge in [-0.25, -0.2) is 0 Å². The van der Waals surface area contributed by atoms with Gasteiger partial charge in [0.05, 0.1) is 7.11 Å². The SMILES string of the molecule is COC(=O)C1CCN1C1CCCC(C)(C)C1. The van der Waals surface area contributed by atoms with Crippen molar-refractivity contribution in [3.05, 3.63) is 0 Å². The van der Waals surface area contributed by atoms with Crippen LogP contribution in [0.15, 0.2) is 0 Å². The zero-order chi connectivity index (χ0) is 11.8. The van der Waals surface area contributed by atoms with E-state index in [0.717, 1.165) is 13.0 Å². The molecule has 92 valence electrons. The van der Waals surface area contributed by atoms with Crippen molar-refractivity contribution in [2.24, 2.45) is 5.41 Å². The molecular weight excluding hydrogens is 202 g/mol. The summed E-state index contributed by atoms with van der Waals surface area (Å²) in [6.07, 6.45) is 6.06. The van der Waals surface area contributed by atoms with Crippen LogP contribution in [-0.4, -0.2) is 36.6 Å². The molecule has 0 radical (unpaired) electrons. The minimum atomic E-state index is -0.0466. The molecule has 0 bridgehead atoms. The van der Waals surface area contributed by atoms with E-state index in [9.17, 15) is 4.79 Å². The molecule has 1 aliphatic heterocycles. The predicted molar refractivity (Wildman–Crippen MR) is 63.2 cm³/mol. The Kier molecular flexibility index (Phi) is 3.24. The van der Waals surface area contributed by atoms with Gasteiger partial charge in [-0.2, -0.15) is 0 Å². The van der Waals surface area contributed by atoms with Gasteiger partial charge in [-0.15, -0.1) is 0 Å². The maximum Gasteiger partial charge on any atom is 0.323 e. The van der Waals surface area contributed by atoms with Crippen LogP contribution in [0.3, 0.4) is 0 Å². The first-order chi connectivity index (χ1) is 7.53. The van der Waals surface area contributed by atoms with Gasteiger partial charge in [-0.05, 0) is 31.1 Å². The van der Waals surface area contributed by atoms with Crippen LogP contribution in [0.4, 0.5) is 0 Å². The molecule has 2 rings (SSSR count). The molecule has 0 aromatic carbocycles. The van der Waals surface area contributed by atoms with Crippen LogP contribution in [0.1, 0.15) is 46.0 Å². The molecule has 0 amide bonds. The first-order valence-electron chi connectivity index (χ1n) is 6.37. The quantitative estimate of drug-likeness (QED) is 0.675. The summed E-state index contributed by atoms with van der Waals surface area (Å²) in [5.74, 6) is -0.0466. The van der Waals surface area contributed by atoms with Crippen molar-refractivity contribution in [2.75, 3.05) is 13.7 Å². The van der Waals surface area contributed by atoms with Crippen molar-refractivity contribution in [3.8, 4) is 0 Å². The van der Waals surface area contributed by atoms with Gasteiger partial charge in [-0.3, -0.25) is 9.69 Å². The minimum Gasteiger partial charge on any atom is -0.468 e. The number of esters is 1. The monoisotopic (exact) mass is 225 g/mol. The van der Waals surface area contributed by atoms with Crippen LogP contribution in [0.5, 0.6) is 0 Å². The molecule has 0 N–H and O–H groups in total. The second kappa shape index (κ2) is 4.36. The van der Waals surface area contributed by atoms with Crippen LogP contribution < -0.4 is 0 Å². The van der Waals surface area contributed by atoms with E-state index in [1.807, 2.05) is 0 Å². The Morgan fingerprint density at radius 2 is 2.12 bits per heavy atom. The summed E-state index contributed by atoms with van der Waals surface area (Å²) < 4.78 is 4.85. The summed E-state index contributed by atoms with van der Waals surface area (Å²) in [5, 5.41) is 0. The molecule has 2 fully saturated rings. The first-order valence-corrected chi connectivity index (χ1v) is 6.37. The van der Waals surface area contributed by atoms with Gasteiger partial charge >= 0.3 is 5.97 Å². The molecule has 1 aliphatic carbocycles. The van der Waals surface area contributed by atoms with Crippen LogP contribution in [-0.2, 0) is 9.53 Å². The molecule has 1 saturated heterocycles. The fraction of sp³-hybridized carbons (Fsp3) is 0.923. The lowest BCUT2D eigenvalue weighted by Crippen LogP contribution is -2.58. The molecule has 0 aromatic heterocycles. The minimum absolute atomic E-state index is 0.0453. The second-order valence-corrected chi connectivity index (χ2v) is 5.98. The lowest BCUT2D eigenvalue weighted by molar-refractivity contribution is -0.155. The Hall–Kier alpha value is -0.570. The summed E-state index contributed by atoms with van der Waals surface area (Å²) >= 11 is 0. The highest BCUT2D eigenvalue weighted by atomic mass is 16.5. The maximum absolute atomic E-state index is 11.5. The van der Waals surface area contributed by atoms with Gasteiger partial charge in [0.15, 0.2) is 0 Å². The number of rotatable bonds is 2. The smallest absolute Gasteiger partial charge is 0.323 e. The number of nitrogens with zero attached hydrogens (tertiary/aromatic N) is 1. The molecule has 2 aliphatic rings. The fourth-order valence-electron chi connectivity index (χ4n) is 3.17. The van der Waals surface area contributed by atoms with E-state index in [2.05, 4.69) is 18.7 Å². The predicted octanol–water partition coefficient (Wildman–Crippen LogP) is 2.20. The van der Waals surface area contributed by atoms with E-state index >= 15 is 0 Å². The summed E-state index contributed by atoms with van der Waals surface area (Å²) in [6.45, 7) is 5.75. The van der Waals surface area contributed by atoms with Crippen LogP contribution in [0.2, 0.25) is 0 Å². The van der Waals surface area contributed by atoms with Crippen molar-refractivity contribution in [1.82, 2.24) is 4.90 Å². The maximum atomic E-state index is 11.5. The number of likely N-dealkylation sites (tertiary alicyclic amines) is 1. The first kappa shape index (κ1) is 11.9. The normalized spacial score (nSPS) is 34.2. The molecule has 1 heterocycles. The van der Waals surface area contributed by atoms with Crippen LogP contribution in [0, 0.1) is 5.41 Å². The lowest BCUT2D eigenvalue weighted by Gasteiger charge is -2.48. The van der Waals surface area contributed by atoms with Crippen LogP contribution in [0.25, 0.3) is 0 Å². The Morgan fingerprint density at radius 1 is 1.38 bits per heavy atom. The summed E-state index contributed by atoms with van der Waals surface area (Å²) in [5.41, 5.74) is 0.444. The van der Waals surface area contributed by atoms with Gasteiger partial charge in [0.1, 0.15) is 6.04 Å². The van der Waals surface area contributed by atoms with E-state index in [-0.39, 0.29) is 12.0 Å². The molecule has 2 unspecified atom stereocenters. The molecule has 0 aromatic rings. The van der Waals surface area contributed by atoms with E-state index < -0.39 is 0 Å². The number of carbonyl (C=O) groups excluding carboxylic acids is 1. The largest absolute Gasteiger partial charge is 0.468 e. The number of hydrogen-bond acceptors (Lipinski definition) is 3. The second-order valence-electron chi connectivity index (χ2n) is 5.98. The van der Waals surface area contributed by atoms with Crippen LogP contribution >= 0.6 is 0 Å². The fourth-order valence-corrected chi connectivity index (χ4v) is 3.17. The highest BCUT2D eigenvalue weighted by molar-refractivity contribution is 5.76. The Labute approximate surface area is 98.1 Å². The lowest BCUT2D eigenvalue weighted by atomic mass is 9.73. The summed E-state index contributed by atoms with van der Waals surface area (Å²) in [6, 6.07) is 0.644. The number of carbonyl (C=O) groups is 1. The topological polar surface area (TPSA) is 29.5 Å². The molecule has 3 nitrogen and oxygen atoms in total. The highest BCUT2D eigenvalue weighted by Gasteiger charge is 2.42. The molecule has 3 heteroatoms. The van der Waals surface area contributed by atoms with Crippen molar-refractivity contribution in [1.29, 1.82) is 0 Å². The van der Waals surface area contributed by atoms with Gasteiger partial charge in [0, 0.05) is 12.6 Å². The van der Waals surface area contributed by atoms with Gasteiger partial charge < -0.3 is 4.74 Å². The number of ether oxygens (including phenoxy) is 1. The highest BCUT2D eigenvalue weighted by Crippen LogP contribution is 2.39. The molecule has 0 spiro atoms. The van der Waals surface area contributed by atoms with Crippen molar-refractivity contribution >= 4 is 5.97 Å². The average molecular weight is 225 g/mol. The summed E-state index contributed by atoms with van der Waals surface area (Å²) in [7, 11) is 1.49. The molecule has 1 saturated carbocycles. The van der Waals surface area contributed by atoms with Gasteiger partial charge in [0.2, 0.25) is 0 Å². The Bertz CT molecular complexity index is 275. The van der Waals surface area contributed by atoms with Crippen molar-refractivity contribution in [2.45, 2.75) is 58.0 Å². The third kappa shape index (κ3) is 2.24. The molecular formula is C13H23NO2.